The van der Waals surface area contributed by atoms with Crippen LogP contribution in [0.2, 0.25) is 0 Å². The van der Waals surface area contributed by atoms with Crippen molar-refractivity contribution in [2.75, 3.05) is 13.2 Å². The molecular formula is C37H55FN2O11. The van der Waals surface area contributed by atoms with Crippen molar-refractivity contribution in [1.29, 1.82) is 0 Å². The second-order valence-corrected chi connectivity index (χ2v) is 16.1. The molecule has 0 aliphatic heterocycles. The van der Waals surface area contributed by atoms with Crippen molar-refractivity contribution in [3.05, 3.63) is 32.9 Å². The average molecular weight is 723 g/mol. The summed E-state index contributed by atoms with van der Waals surface area (Å²) in [6.07, 6.45) is 7.14. The Hall–Kier alpha value is -3.10. The van der Waals surface area contributed by atoms with Crippen LogP contribution in [0.4, 0.5) is 4.39 Å². The van der Waals surface area contributed by atoms with Gasteiger partial charge in [-0.15, -0.1) is 0 Å². The summed E-state index contributed by atoms with van der Waals surface area (Å²) in [7, 11) is 0. The van der Waals surface area contributed by atoms with Gasteiger partial charge in [0, 0.05) is 19.3 Å². The van der Waals surface area contributed by atoms with Crippen LogP contribution in [0.1, 0.15) is 104 Å². The quantitative estimate of drug-likeness (QED) is 0.152. The lowest BCUT2D eigenvalue weighted by molar-refractivity contribution is -0.209. The first-order valence-electron chi connectivity index (χ1n) is 18.6. The number of H-pyrrole nitrogens is 1. The number of aromatic nitrogens is 2. The number of ether oxygens (including phenoxy) is 3. The third-order valence-corrected chi connectivity index (χ3v) is 13.4. The maximum atomic E-state index is 13.3. The molecule has 4 N–H and O–H groups in total. The number of rotatable bonds is 15. The predicted octanol–water partition coefficient (Wildman–Crippen LogP) is 3.77. The van der Waals surface area contributed by atoms with Crippen LogP contribution in [0, 0.1) is 52.2 Å². The van der Waals surface area contributed by atoms with E-state index >= 15 is 0 Å². The minimum absolute atomic E-state index is 0.00949. The molecule has 286 valence electrons. The topological polar surface area (TPSA) is 194 Å². The zero-order chi connectivity index (χ0) is 37.1. The van der Waals surface area contributed by atoms with Gasteiger partial charge in [0.05, 0.1) is 31.1 Å². The summed E-state index contributed by atoms with van der Waals surface area (Å²) in [6.45, 7) is 6.47. The highest BCUT2D eigenvalue weighted by atomic mass is 19.1. The van der Waals surface area contributed by atoms with Gasteiger partial charge in [-0.05, 0) is 111 Å². The van der Waals surface area contributed by atoms with E-state index in [-0.39, 0.29) is 84.9 Å². The number of carbonyl (C=O) groups is 3. The van der Waals surface area contributed by atoms with Crippen LogP contribution < -0.4 is 11.2 Å². The summed E-state index contributed by atoms with van der Waals surface area (Å²) in [5.41, 5.74) is -2.40. The van der Waals surface area contributed by atoms with Gasteiger partial charge >= 0.3 is 23.6 Å². The third kappa shape index (κ3) is 8.43. The van der Waals surface area contributed by atoms with E-state index in [2.05, 4.69) is 20.8 Å². The number of carboxylic acids is 1. The highest BCUT2D eigenvalue weighted by Gasteiger charge is 2.65. The van der Waals surface area contributed by atoms with Gasteiger partial charge in [0.1, 0.15) is 6.61 Å². The number of hydrogen-bond acceptors (Lipinski definition) is 10. The molecular weight excluding hydrogens is 667 g/mol. The van der Waals surface area contributed by atoms with E-state index < -0.39 is 53.9 Å². The maximum absolute atomic E-state index is 13.3. The average Bonchev–Trinajstić information content (AvgIpc) is 3.44. The van der Waals surface area contributed by atoms with Gasteiger partial charge in [0.25, 0.3) is 5.56 Å². The van der Waals surface area contributed by atoms with Crippen LogP contribution >= 0.6 is 0 Å². The minimum Gasteiger partial charge on any atom is -0.481 e. The number of aliphatic hydroxyl groups is 2. The molecule has 0 bridgehead atoms. The number of aliphatic hydroxyl groups excluding tert-OH is 2. The van der Waals surface area contributed by atoms with Gasteiger partial charge in [0.15, 0.2) is 6.73 Å². The van der Waals surface area contributed by atoms with Gasteiger partial charge in [-0.2, -0.15) is 4.39 Å². The summed E-state index contributed by atoms with van der Waals surface area (Å²) in [5, 5.41) is 32.7. The molecule has 0 aromatic carbocycles. The number of nitrogens with one attached hydrogen (secondary N) is 1. The molecule has 0 amide bonds. The Kier molecular flexibility index (Phi) is 12.5. The van der Waals surface area contributed by atoms with Gasteiger partial charge < -0.3 is 29.5 Å². The third-order valence-electron chi connectivity index (χ3n) is 13.4. The van der Waals surface area contributed by atoms with Crippen molar-refractivity contribution < 1.29 is 48.3 Å². The molecule has 1 aromatic heterocycles. The normalized spacial score (nSPS) is 34.9. The Morgan fingerprint density at radius 1 is 0.980 bits per heavy atom. The highest BCUT2D eigenvalue weighted by molar-refractivity contribution is 5.70. The first kappa shape index (κ1) is 39.1. The summed E-state index contributed by atoms with van der Waals surface area (Å²) < 4.78 is 30.5. The Morgan fingerprint density at radius 3 is 2.39 bits per heavy atom. The Morgan fingerprint density at radius 2 is 1.69 bits per heavy atom. The molecule has 0 spiro atoms. The number of hydrogen-bond donors (Lipinski definition) is 4. The smallest absolute Gasteiger partial charge is 0.331 e. The molecule has 0 radical (unpaired) electrons. The molecule has 51 heavy (non-hydrogen) atoms. The van der Waals surface area contributed by atoms with Crippen LogP contribution in [0.25, 0.3) is 0 Å². The molecule has 4 aliphatic carbocycles. The zero-order valence-corrected chi connectivity index (χ0v) is 30.0. The van der Waals surface area contributed by atoms with E-state index in [4.69, 9.17) is 14.2 Å². The number of nitrogens with zero attached hydrogens (tertiary/aromatic N) is 1. The van der Waals surface area contributed by atoms with Crippen LogP contribution in [-0.2, 0) is 35.3 Å². The van der Waals surface area contributed by atoms with Crippen LogP contribution in [0.3, 0.4) is 0 Å². The standard InChI is InChI=1S/C37H55FN2O11/c1-21(8-11-30(43)44)24-9-10-25-33-26(18-29(42)37(24,25)3)36(2)13-12-23(16-22(36)17-28(33)41)49-14-15-50-31(45)6-4-5-7-32(46)51-20-40-19-27(38)34(47)39-35(40)48/h19,21-26,28-29,33,41-42H,4-18,20H2,1-3H3,(H,43,44)(H,39,47,48)/t21-,22+,23+,24-,25+,26+,28-,29+,33+,36+,37-/m1/s1. The molecule has 0 unspecified atom stereocenters. The van der Waals surface area contributed by atoms with Gasteiger partial charge in [0.2, 0.25) is 5.82 Å². The molecule has 1 aromatic rings. The van der Waals surface area contributed by atoms with E-state index in [1.165, 1.54) is 0 Å². The first-order chi connectivity index (χ1) is 24.1. The van der Waals surface area contributed by atoms with Crippen LogP contribution in [0.5, 0.6) is 0 Å². The van der Waals surface area contributed by atoms with E-state index in [9.17, 15) is 43.7 Å². The van der Waals surface area contributed by atoms with E-state index in [1.807, 2.05) is 0 Å². The summed E-state index contributed by atoms with van der Waals surface area (Å²) in [5.74, 6) is -1.78. The summed E-state index contributed by atoms with van der Waals surface area (Å²) in [4.78, 5) is 59.9. The molecule has 1 heterocycles. The second-order valence-electron chi connectivity index (χ2n) is 16.1. The van der Waals surface area contributed by atoms with Crippen molar-refractivity contribution in [2.24, 2.45) is 46.3 Å². The number of aliphatic carboxylic acids is 1. The number of aromatic amines is 1. The first-order valence-corrected chi connectivity index (χ1v) is 18.6. The van der Waals surface area contributed by atoms with Gasteiger partial charge in [-0.1, -0.05) is 20.8 Å². The Bertz CT molecular complexity index is 1530. The molecule has 5 rings (SSSR count). The molecule has 4 saturated carbocycles. The van der Waals surface area contributed by atoms with Gasteiger partial charge in [-0.3, -0.25) is 28.7 Å². The molecule has 13 nitrogen and oxygen atoms in total. The predicted molar refractivity (Wildman–Crippen MR) is 181 cm³/mol. The molecule has 14 heteroatoms. The number of fused-ring (bicyclic) bond motifs is 5. The SMILES string of the molecule is C[C@H](CCC(=O)O)[C@H]1CC[C@H]2[C@@H]3[C@H](O)C[C@@H]4C[C@@H](OCCOC(=O)CCCCC(=O)OCn5cc(F)c(=O)[nH]c5=O)CC[C@]4(C)[C@H]3C[C@H](O)[C@]12C. The molecule has 0 saturated heterocycles. The van der Waals surface area contributed by atoms with E-state index in [0.717, 1.165) is 36.7 Å². The maximum Gasteiger partial charge on any atom is 0.331 e. The summed E-state index contributed by atoms with van der Waals surface area (Å²) >= 11 is 0. The van der Waals surface area contributed by atoms with Crippen LogP contribution in [-0.4, -0.2) is 74.3 Å². The van der Waals surface area contributed by atoms with Crippen molar-refractivity contribution >= 4 is 17.9 Å². The Labute approximate surface area is 297 Å². The van der Waals surface area contributed by atoms with Gasteiger partial charge in [-0.25, -0.2) is 4.79 Å². The number of esters is 2. The lowest BCUT2D eigenvalue weighted by atomic mass is 9.43. The molecule has 11 atom stereocenters. The number of unbranched alkanes of at least 4 members (excludes halogenated alkanes) is 1. The summed E-state index contributed by atoms with van der Waals surface area (Å²) in [6, 6.07) is 0. The zero-order valence-electron chi connectivity index (χ0n) is 30.0. The fraction of sp³-hybridized carbons (Fsp3) is 0.811. The lowest BCUT2D eigenvalue weighted by Crippen LogP contribution is -2.62. The second kappa shape index (κ2) is 16.3. The minimum atomic E-state index is -1.17. The number of halogens is 1. The fourth-order valence-corrected chi connectivity index (χ4v) is 10.6. The van der Waals surface area contributed by atoms with Crippen molar-refractivity contribution in [2.45, 2.75) is 129 Å². The Balaban J connectivity index is 1.01. The fourth-order valence-electron chi connectivity index (χ4n) is 10.6. The lowest BCUT2D eigenvalue weighted by Gasteiger charge is -2.63. The molecule has 4 fully saturated rings. The number of carboxylic acid groups (broad SMARTS) is 1. The van der Waals surface area contributed by atoms with Crippen molar-refractivity contribution in [3.63, 3.8) is 0 Å². The van der Waals surface area contributed by atoms with E-state index in [0.29, 0.717) is 38.3 Å². The number of carbonyl (C=O) groups excluding carboxylic acids is 2. The van der Waals surface area contributed by atoms with E-state index in [1.54, 1.807) is 4.98 Å². The largest absolute Gasteiger partial charge is 0.481 e. The van der Waals surface area contributed by atoms with Crippen molar-refractivity contribution in [1.82, 2.24) is 9.55 Å². The highest BCUT2D eigenvalue weighted by Crippen LogP contribution is 2.68. The monoisotopic (exact) mass is 722 g/mol. The molecule has 4 aliphatic rings. The van der Waals surface area contributed by atoms with Crippen molar-refractivity contribution in [3.8, 4) is 0 Å². The van der Waals surface area contributed by atoms with Crippen LogP contribution in [0.15, 0.2) is 15.8 Å².